The fourth-order valence-electron chi connectivity index (χ4n) is 2.89. The maximum atomic E-state index is 12.6. The molecule has 4 aromatic rings. The summed E-state index contributed by atoms with van der Waals surface area (Å²) in [6.45, 7) is 0. The van der Waals surface area contributed by atoms with Crippen molar-refractivity contribution >= 4 is 34.0 Å². The first kappa shape index (κ1) is 18.7. The monoisotopic (exact) mass is 399 g/mol. The van der Waals surface area contributed by atoms with Gasteiger partial charge in [-0.25, -0.2) is 4.98 Å². The van der Waals surface area contributed by atoms with Crippen molar-refractivity contribution in [2.45, 2.75) is 0 Å². The summed E-state index contributed by atoms with van der Waals surface area (Å²) < 4.78 is 0. The molecule has 0 saturated heterocycles. The molecular weight excluding hydrogens is 386 g/mol. The van der Waals surface area contributed by atoms with Crippen molar-refractivity contribution in [3.63, 3.8) is 0 Å². The zero-order chi connectivity index (χ0) is 21.1. The van der Waals surface area contributed by atoms with E-state index in [1.807, 2.05) is 0 Å². The van der Waals surface area contributed by atoms with Crippen LogP contribution in [-0.4, -0.2) is 20.8 Å². The molecule has 30 heavy (non-hydrogen) atoms. The normalized spacial score (nSPS) is 10.4. The highest BCUT2D eigenvalue weighted by Gasteiger charge is 2.12. The summed E-state index contributed by atoms with van der Waals surface area (Å²) in [6.07, 6.45) is 0. The molecule has 10 nitrogen and oxygen atoms in total. The van der Waals surface area contributed by atoms with Gasteiger partial charge < -0.3 is 10.3 Å². The number of hydrogen-bond donors (Lipinski definition) is 2. The Hall–Kier alpha value is -4.69. The van der Waals surface area contributed by atoms with Crippen LogP contribution in [0.4, 0.5) is 17.1 Å². The minimum atomic E-state index is -0.461. The number of rotatable bonds is 5. The lowest BCUT2D eigenvalue weighted by atomic mass is 10.2. The molecule has 1 amide bonds. The fraction of sp³-hybridized carbons (Fsp3) is 0. The highest BCUT2D eigenvalue weighted by atomic mass is 16.6. The number of fused-ring (bicyclic) bond motifs is 1. The molecule has 0 spiro atoms. The number of aromatic amines is 1. The average molecular weight is 399 g/mol. The fourth-order valence-corrected chi connectivity index (χ4v) is 2.89. The molecule has 1 heterocycles. The predicted molar refractivity (Wildman–Crippen MR) is 111 cm³/mol. The molecule has 4 rings (SSSR count). The van der Waals surface area contributed by atoms with Crippen molar-refractivity contribution in [1.82, 2.24) is 9.97 Å². The number of nitrogens with zero attached hydrogens (tertiary/aromatic N) is 5. The second kappa shape index (κ2) is 7.74. The van der Waals surface area contributed by atoms with E-state index in [2.05, 4.69) is 25.3 Å². The number of aromatic nitrogens is 2. The summed E-state index contributed by atoms with van der Waals surface area (Å²) in [6, 6.07) is 17.6. The largest absolute Gasteiger partial charge is 0.338 e. The molecule has 0 radical (unpaired) electrons. The van der Waals surface area contributed by atoms with E-state index in [1.165, 1.54) is 12.1 Å². The number of nitrogens with one attached hydrogen (secondary N) is 2. The molecule has 0 aliphatic carbocycles. The first-order valence-electron chi connectivity index (χ1n) is 8.74. The van der Waals surface area contributed by atoms with Gasteiger partial charge in [0, 0.05) is 39.5 Å². The number of benzene rings is 3. The molecule has 1 aromatic heterocycles. The van der Waals surface area contributed by atoms with Crippen LogP contribution in [0, 0.1) is 10.1 Å². The Balaban J connectivity index is 1.56. The molecule has 0 unspecified atom stereocenters. The molecule has 0 bridgehead atoms. The molecule has 0 aliphatic rings. The van der Waals surface area contributed by atoms with Gasteiger partial charge in [-0.05, 0) is 48.0 Å². The molecular formula is C20H13N7O3. The third-order valence-corrected chi connectivity index (χ3v) is 4.38. The average Bonchev–Trinajstić information content (AvgIpc) is 3.19. The summed E-state index contributed by atoms with van der Waals surface area (Å²) in [5, 5.41) is 17.1. The maximum absolute atomic E-state index is 12.6. The Labute approximate surface area is 169 Å². The lowest BCUT2D eigenvalue weighted by Gasteiger charge is -2.05. The van der Waals surface area contributed by atoms with Crippen LogP contribution in [0.25, 0.3) is 32.9 Å². The number of imidazole rings is 1. The minimum absolute atomic E-state index is 0.00118. The Bertz CT molecular complexity index is 1300. The quantitative estimate of drug-likeness (QED) is 0.153. The Morgan fingerprint density at radius 1 is 1.10 bits per heavy atom. The summed E-state index contributed by atoms with van der Waals surface area (Å²) in [5.41, 5.74) is 11.9. The van der Waals surface area contributed by atoms with Gasteiger partial charge in [-0.15, -0.1) is 0 Å². The van der Waals surface area contributed by atoms with E-state index in [-0.39, 0.29) is 11.6 Å². The zero-order valence-corrected chi connectivity index (χ0v) is 15.3. The van der Waals surface area contributed by atoms with Crippen LogP contribution in [0.1, 0.15) is 10.4 Å². The van der Waals surface area contributed by atoms with Gasteiger partial charge in [0.2, 0.25) is 0 Å². The number of azide groups is 1. The van der Waals surface area contributed by atoms with Crippen LogP contribution in [-0.2, 0) is 0 Å². The SMILES string of the molecule is [N-]=[N+]=Nc1ccc(NC(=O)c2ccc3nc(-c4ccc([N+](=O)[O-])cc4)[nH]c3c2)cc1. The topological polar surface area (TPSA) is 150 Å². The Morgan fingerprint density at radius 2 is 1.83 bits per heavy atom. The van der Waals surface area contributed by atoms with E-state index in [0.29, 0.717) is 39.4 Å². The smallest absolute Gasteiger partial charge is 0.269 e. The third-order valence-electron chi connectivity index (χ3n) is 4.38. The number of nitro groups is 1. The maximum Gasteiger partial charge on any atom is 0.269 e. The van der Waals surface area contributed by atoms with Crippen molar-refractivity contribution in [2.24, 2.45) is 5.11 Å². The lowest BCUT2D eigenvalue weighted by Crippen LogP contribution is -2.11. The van der Waals surface area contributed by atoms with Gasteiger partial charge in [-0.1, -0.05) is 17.2 Å². The molecule has 0 saturated carbocycles. The predicted octanol–water partition coefficient (Wildman–Crippen LogP) is 5.33. The lowest BCUT2D eigenvalue weighted by molar-refractivity contribution is -0.384. The molecule has 3 aromatic carbocycles. The van der Waals surface area contributed by atoms with E-state index in [4.69, 9.17) is 5.53 Å². The van der Waals surface area contributed by atoms with Crippen molar-refractivity contribution in [3.05, 3.63) is 92.9 Å². The van der Waals surface area contributed by atoms with Crippen molar-refractivity contribution in [2.75, 3.05) is 5.32 Å². The van der Waals surface area contributed by atoms with Crippen LogP contribution >= 0.6 is 0 Å². The van der Waals surface area contributed by atoms with Crippen molar-refractivity contribution in [1.29, 1.82) is 0 Å². The number of carbonyl (C=O) groups excluding carboxylic acids is 1. The van der Waals surface area contributed by atoms with E-state index >= 15 is 0 Å². The summed E-state index contributed by atoms with van der Waals surface area (Å²) in [7, 11) is 0. The Kier molecular flexibility index (Phi) is 4.82. The molecule has 0 fully saturated rings. The summed E-state index contributed by atoms with van der Waals surface area (Å²) in [5.74, 6) is 0.242. The molecule has 10 heteroatoms. The second-order valence-corrected chi connectivity index (χ2v) is 6.31. The van der Waals surface area contributed by atoms with E-state index in [9.17, 15) is 14.9 Å². The van der Waals surface area contributed by atoms with Gasteiger partial charge in [0.05, 0.1) is 16.0 Å². The van der Waals surface area contributed by atoms with Crippen LogP contribution < -0.4 is 5.32 Å². The Morgan fingerprint density at radius 3 is 2.50 bits per heavy atom. The van der Waals surface area contributed by atoms with Gasteiger partial charge in [0.15, 0.2) is 0 Å². The van der Waals surface area contributed by atoms with Gasteiger partial charge in [-0.2, -0.15) is 0 Å². The number of amides is 1. The first-order valence-corrected chi connectivity index (χ1v) is 8.74. The van der Waals surface area contributed by atoms with E-state index < -0.39 is 4.92 Å². The summed E-state index contributed by atoms with van der Waals surface area (Å²) >= 11 is 0. The van der Waals surface area contributed by atoms with E-state index in [1.54, 1.807) is 54.6 Å². The number of hydrogen-bond acceptors (Lipinski definition) is 5. The standard InChI is InChI=1S/C20H13N7O3/c21-26-25-15-6-4-14(5-7-15)22-20(28)13-3-10-17-18(11-13)24-19(23-17)12-1-8-16(9-2-12)27(29)30/h1-11H,(H,22,28)(H,23,24). The molecule has 146 valence electrons. The van der Waals surface area contributed by atoms with E-state index in [0.717, 1.165) is 0 Å². The third kappa shape index (κ3) is 3.79. The number of carbonyl (C=O) groups is 1. The van der Waals surface area contributed by atoms with Gasteiger partial charge >= 0.3 is 0 Å². The highest BCUT2D eigenvalue weighted by molar-refractivity contribution is 6.06. The van der Waals surface area contributed by atoms with Crippen LogP contribution in [0.3, 0.4) is 0 Å². The molecule has 0 aliphatic heterocycles. The van der Waals surface area contributed by atoms with Gasteiger partial charge in [0.25, 0.3) is 11.6 Å². The minimum Gasteiger partial charge on any atom is -0.338 e. The zero-order valence-electron chi connectivity index (χ0n) is 15.3. The van der Waals surface area contributed by atoms with Crippen LogP contribution in [0.15, 0.2) is 71.8 Å². The number of anilines is 1. The van der Waals surface area contributed by atoms with Crippen LogP contribution in [0.5, 0.6) is 0 Å². The van der Waals surface area contributed by atoms with Gasteiger partial charge in [-0.3, -0.25) is 14.9 Å². The molecule has 0 atom stereocenters. The van der Waals surface area contributed by atoms with Crippen molar-refractivity contribution < 1.29 is 9.72 Å². The highest BCUT2D eigenvalue weighted by Crippen LogP contribution is 2.24. The number of non-ortho nitro benzene ring substituents is 1. The van der Waals surface area contributed by atoms with Crippen molar-refractivity contribution in [3.8, 4) is 11.4 Å². The second-order valence-electron chi connectivity index (χ2n) is 6.31. The first-order chi connectivity index (χ1) is 14.5. The van der Waals surface area contributed by atoms with Gasteiger partial charge in [0.1, 0.15) is 5.82 Å². The number of nitro benzene ring substituents is 1. The molecule has 2 N–H and O–H groups in total. The summed E-state index contributed by atoms with van der Waals surface area (Å²) in [4.78, 5) is 33.2. The number of H-pyrrole nitrogens is 1. The van der Waals surface area contributed by atoms with Crippen LogP contribution in [0.2, 0.25) is 0 Å².